The van der Waals surface area contributed by atoms with Crippen LogP contribution >= 0.6 is 11.8 Å². The van der Waals surface area contributed by atoms with Crippen LogP contribution in [0.5, 0.6) is 5.88 Å². The number of hydrogen-bond donors (Lipinski definition) is 1. The summed E-state index contributed by atoms with van der Waals surface area (Å²) in [5.74, 6) is 1.36. The van der Waals surface area contributed by atoms with Gasteiger partial charge in [0.25, 0.3) is 0 Å². The van der Waals surface area contributed by atoms with E-state index >= 15 is 0 Å². The fraction of sp³-hybridized carbons (Fsp3) is 0.263. The first kappa shape index (κ1) is 16.1. The molecule has 0 amide bonds. The van der Waals surface area contributed by atoms with E-state index in [1.54, 1.807) is 28.5 Å². The van der Waals surface area contributed by atoms with Gasteiger partial charge in [-0.05, 0) is 43.2 Å². The minimum absolute atomic E-state index is 0.0153. The molecule has 0 unspecified atom stereocenters. The van der Waals surface area contributed by atoms with Gasteiger partial charge >= 0.3 is 0 Å². The molecular formula is C19H18FN3OS. The molecule has 4 rings (SSSR count). The average molecular weight is 355 g/mol. The van der Waals surface area contributed by atoms with Crippen LogP contribution in [-0.2, 0) is 0 Å². The Balaban J connectivity index is 1.85. The number of nitrogens with zero attached hydrogens (tertiary/aromatic N) is 3. The Kier molecular flexibility index (Phi) is 4.00. The fourth-order valence-corrected chi connectivity index (χ4v) is 3.98. The van der Waals surface area contributed by atoms with E-state index in [1.165, 1.54) is 6.07 Å². The van der Waals surface area contributed by atoms with E-state index < -0.39 is 0 Å². The van der Waals surface area contributed by atoms with Crippen molar-refractivity contribution < 1.29 is 9.50 Å². The first-order valence-corrected chi connectivity index (χ1v) is 9.29. The molecule has 2 heterocycles. The third-order valence-corrected chi connectivity index (χ3v) is 5.62. The SMILES string of the molecule is Cc1cc(C)cc(N=Nc2c(O)n(C3CSC3)c3c(F)cccc23)c1. The smallest absolute Gasteiger partial charge is 0.221 e. The zero-order valence-corrected chi connectivity index (χ0v) is 14.8. The minimum Gasteiger partial charge on any atom is -0.493 e. The Morgan fingerprint density at radius 2 is 1.84 bits per heavy atom. The highest BCUT2D eigenvalue weighted by atomic mass is 32.2. The molecule has 4 nitrogen and oxygen atoms in total. The van der Waals surface area contributed by atoms with Gasteiger partial charge < -0.3 is 9.67 Å². The summed E-state index contributed by atoms with van der Waals surface area (Å²) >= 11 is 1.78. The number of halogens is 1. The summed E-state index contributed by atoms with van der Waals surface area (Å²) in [7, 11) is 0. The molecule has 0 aliphatic carbocycles. The molecule has 25 heavy (non-hydrogen) atoms. The van der Waals surface area contributed by atoms with Crippen LogP contribution in [0.4, 0.5) is 15.8 Å². The molecule has 2 aromatic carbocycles. The average Bonchev–Trinajstić information content (AvgIpc) is 2.77. The summed E-state index contributed by atoms with van der Waals surface area (Å²) in [6.45, 7) is 4.00. The summed E-state index contributed by atoms with van der Waals surface area (Å²) in [6.07, 6.45) is 0. The lowest BCUT2D eigenvalue weighted by atomic mass is 10.1. The van der Waals surface area contributed by atoms with Crippen LogP contribution in [0.15, 0.2) is 46.6 Å². The normalized spacial score (nSPS) is 15.2. The number of azo groups is 1. The number of aromatic hydroxyl groups is 1. The van der Waals surface area contributed by atoms with Gasteiger partial charge in [-0.25, -0.2) is 4.39 Å². The van der Waals surface area contributed by atoms with E-state index in [0.717, 1.165) is 22.6 Å². The molecule has 1 aliphatic rings. The van der Waals surface area contributed by atoms with E-state index in [2.05, 4.69) is 16.3 Å². The zero-order chi connectivity index (χ0) is 17.6. The van der Waals surface area contributed by atoms with Crippen molar-refractivity contribution in [2.45, 2.75) is 19.9 Å². The van der Waals surface area contributed by atoms with Gasteiger partial charge in [-0.2, -0.15) is 16.9 Å². The van der Waals surface area contributed by atoms with Crippen molar-refractivity contribution in [2.75, 3.05) is 11.5 Å². The second kappa shape index (κ2) is 6.19. The van der Waals surface area contributed by atoms with Crippen molar-refractivity contribution in [2.24, 2.45) is 10.2 Å². The number of para-hydroxylation sites is 1. The second-order valence-corrected chi connectivity index (χ2v) is 7.49. The van der Waals surface area contributed by atoms with E-state index in [-0.39, 0.29) is 17.7 Å². The summed E-state index contributed by atoms with van der Waals surface area (Å²) < 4.78 is 16.1. The first-order valence-electron chi connectivity index (χ1n) is 8.14. The number of aryl methyl sites for hydroxylation is 2. The van der Waals surface area contributed by atoms with Crippen molar-refractivity contribution in [1.29, 1.82) is 0 Å². The summed E-state index contributed by atoms with van der Waals surface area (Å²) in [6, 6.07) is 10.8. The number of hydrogen-bond acceptors (Lipinski definition) is 4. The highest BCUT2D eigenvalue weighted by Gasteiger charge is 2.28. The standard InChI is InChI=1S/C19H18FN3OS/c1-11-6-12(2)8-13(7-11)21-22-17-15-4-3-5-16(20)18(15)23(19(17)24)14-9-25-10-14/h3-8,14,24H,9-10H2,1-2H3. The predicted octanol–water partition coefficient (Wildman–Crippen LogP) is 5.81. The lowest BCUT2D eigenvalue weighted by Crippen LogP contribution is -2.22. The highest BCUT2D eigenvalue weighted by Crippen LogP contribution is 2.45. The van der Waals surface area contributed by atoms with Gasteiger partial charge in [0.1, 0.15) is 5.82 Å². The van der Waals surface area contributed by atoms with Gasteiger partial charge in [0.15, 0.2) is 5.69 Å². The van der Waals surface area contributed by atoms with Crippen LogP contribution in [0.2, 0.25) is 0 Å². The van der Waals surface area contributed by atoms with E-state index in [4.69, 9.17) is 0 Å². The molecule has 3 aromatic rings. The Labute approximate surface area is 149 Å². The number of aromatic nitrogens is 1. The van der Waals surface area contributed by atoms with Gasteiger partial charge in [-0.1, -0.05) is 18.2 Å². The predicted molar refractivity (Wildman–Crippen MR) is 100 cm³/mol. The van der Waals surface area contributed by atoms with Crippen LogP contribution in [0.3, 0.4) is 0 Å². The zero-order valence-electron chi connectivity index (χ0n) is 14.0. The van der Waals surface area contributed by atoms with Gasteiger partial charge in [0, 0.05) is 16.9 Å². The van der Waals surface area contributed by atoms with Crippen molar-refractivity contribution in [1.82, 2.24) is 4.57 Å². The van der Waals surface area contributed by atoms with Crippen LogP contribution in [-0.4, -0.2) is 21.2 Å². The molecule has 1 saturated heterocycles. The fourth-order valence-electron chi connectivity index (χ4n) is 3.23. The summed E-state index contributed by atoms with van der Waals surface area (Å²) in [4.78, 5) is 0. The maximum absolute atomic E-state index is 14.4. The minimum atomic E-state index is -0.349. The largest absolute Gasteiger partial charge is 0.493 e. The maximum atomic E-state index is 14.4. The number of thioether (sulfide) groups is 1. The topological polar surface area (TPSA) is 49.9 Å². The Bertz CT molecular complexity index is 972. The molecule has 1 aromatic heterocycles. The molecular weight excluding hydrogens is 337 g/mol. The molecule has 6 heteroatoms. The van der Waals surface area contributed by atoms with Crippen molar-refractivity contribution in [3.05, 3.63) is 53.3 Å². The quantitative estimate of drug-likeness (QED) is 0.603. The third-order valence-electron chi connectivity index (χ3n) is 4.38. The first-order chi connectivity index (χ1) is 12.0. The Morgan fingerprint density at radius 3 is 2.48 bits per heavy atom. The van der Waals surface area contributed by atoms with Gasteiger partial charge in [0.05, 0.1) is 17.2 Å². The van der Waals surface area contributed by atoms with Crippen molar-refractivity contribution in [3.63, 3.8) is 0 Å². The van der Waals surface area contributed by atoms with Gasteiger partial charge in [0.2, 0.25) is 5.88 Å². The maximum Gasteiger partial charge on any atom is 0.221 e. The van der Waals surface area contributed by atoms with E-state index in [0.29, 0.717) is 22.3 Å². The molecule has 0 radical (unpaired) electrons. The molecule has 0 saturated carbocycles. The Hall–Kier alpha value is -2.34. The highest BCUT2D eigenvalue weighted by molar-refractivity contribution is 8.00. The van der Waals surface area contributed by atoms with Gasteiger partial charge in [-0.15, -0.1) is 5.11 Å². The molecule has 0 atom stereocenters. The van der Waals surface area contributed by atoms with Crippen LogP contribution < -0.4 is 0 Å². The number of benzene rings is 2. The second-order valence-electron chi connectivity index (χ2n) is 6.42. The molecule has 1 aliphatic heterocycles. The van der Waals surface area contributed by atoms with Gasteiger partial charge in [-0.3, -0.25) is 0 Å². The van der Waals surface area contributed by atoms with Crippen molar-refractivity contribution in [3.8, 4) is 5.88 Å². The Morgan fingerprint density at radius 1 is 1.12 bits per heavy atom. The van der Waals surface area contributed by atoms with E-state index in [1.807, 2.05) is 26.0 Å². The number of rotatable bonds is 3. The molecule has 0 spiro atoms. The monoisotopic (exact) mass is 355 g/mol. The van der Waals surface area contributed by atoms with E-state index in [9.17, 15) is 9.50 Å². The molecule has 1 fully saturated rings. The molecule has 1 N–H and O–H groups in total. The summed E-state index contributed by atoms with van der Waals surface area (Å²) in [5.41, 5.74) is 3.63. The number of fused-ring (bicyclic) bond motifs is 1. The molecule has 0 bridgehead atoms. The van der Waals surface area contributed by atoms with Crippen LogP contribution in [0, 0.1) is 19.7 Å². The lowest BCUT2D eigenvalue weighted by Gasteiger charge is -2.27. The molecule has 128 valence electrons. The lowest BCUT2D eigenvalue weighted by molar-refractivity contribution is 0.404. The summed E-state index contributed by atoms with van der Waals surface area (Å²) in [5, 5.41) is 19.8. The van der Waals surface area contributed by atoms with Crippen LogP contribution in [0.25, 0.3) is 10.9 Å². The third kappa shape index (κ3) is 2.80. The van der Waals surface area contributed by atoms with Crippen molar-refractivity contribution >= 4 is 34.0 Å². The van der Waals surface area contributed by atoms with Crippen LogP contribution in [0.1, 0.15) is 17.2 Å².